The minimum Gasteiger partial charge on any atom is -0.342 e. The number of rotatable bonds is 3. The number of aromatic nitrogens is 5. The molecule has 0 aliphatic rings. The van der Waals surface area contributed by atoms with Gasteiger partial charge in [-0.25, -0.2) is 4.98 Å². The normalized spacial score (nSPS) is 12.2. The smallest absolute Gasteiger partial charge is 0.342 e. The first-order valence-corrected chi connectivity index (χ1v) is 6.91. The Labute approximate surface area is 134 Å². The molecule has 0 radical (unpaired) electrons. The number of aryl methyl sites for hydroxylation is 2. The number of aromatic amines is 1. The molecule has 0 spiro atoms. The lowest BCUT2D eigenvalue weighted by molar-refractivity contribution is -0.141. The lowest BCUT2D eigenvalue weighted by atomic mass is 10.2. The van der Waals surface area contributed by atoms with Gasteiger partial charge in [-0.3, -0.25) is 4.98 Å². The Kier molecular flexibility index (Phi) is 3.92. The van der Waals surface area contributed by atoms with Crippen molar-refractivity contribution in [3.05, 3.63) is 47.1 Å². The van der Waals surface area contributed by atoms with Crippen LogP contribution in [-0.4, -0.2) is 25.1 Å². The third-order valence-corrected chi connectivity index (χ3v) is 3.28. The molecule has 0 aliphatic carbocycles. The summed E-state index contributed by atoms with van der Waals surface area (Å²) in [6.07, 6.45) is -0.305. The standard InChI is InChI=1S/C15H12F3N5O/c1-8-9(2)21-12(20-8)3-4-13-22-14(23-24-13)10-5-6-19-11(7-10)15(16,17)18/h3-7H,1-2H3,(H,20,21)/b4-3+. The van der Waals surface area contributed by atoms with Gasteiger partial charge in [0.25, 0.3) is 5.89 Å². The molecule has 3 aromatic rings. The summed E-state index contributed by atoms with van der Waals surface area (Å²) in [4.78, 5) is 14.7. The summed E-state index contributed by atoms with van der Waals surface area (Å²) in [7, 11) is 0. The zero-order valence-electron chi connectivity index (χ0n) is 12.7. The van der Waals surface area contributed by atoms with Gasteiger partial charge in [-0.15, -0.1) is 0 Å². The summed E-state index contributed by atoms with van der Waals surface area (Å²) < 4.78 is 43.1. The van der Waals surface area contributed by atoms with Crippen LogP contribution in [0.3, 0.4) is 0 Å². The maximum absolute atomic E-state index is 12.7. The van der Waals surface area contributed by atoms with E-state index in [1.54, 1.807) is 6.08 Å². The topological polar surface area (TPSA) is 80.5 Å². The van der Waals surface area contributed by atoms with Gasteiger partial charge in [0.1, 0.15) is 11.5 Å². The zero-order valence-corrected chi connectivity index (χ0v) is 12.7. The number of imidazole rings is 1. The summed E-state index contributed by atoms with van der Waals surface area (Å²) in [5.41, 5.74) is 0.975. The lowest BCUT2D eigenvalue weighted by Gasteiger charge is -2.05. The van der Waals surface area contributed by atoms with Crippen LogP contribution in [0.5, 0.6) is 0 Å². The van der Waals surface area contributed by atoms with Crippen molar-refractivity contribution < 1.29 is 17.7 Å². The maximum atomic E-state index is 12.7. The van der Waals surface area contributed by atoms with Crippen molar-refractivity contribution in [3.63, 3.8) is 0 Å². The summed E-state index contributed by atoms with van der Waals surface area (Å²) in [5.74, 6) is 0.824. The quantitative estimate of drug-likeness (QED) is 0.790. The highest BCUT2D eigenvalue weighted by Crippen LogP contribution is 2.29. The molecule has 0 fully saturated rings. The highest BCUT2D eigenvalue weighted by molar-refractivity contribution is 5.64. The first-order chi connectivity index (χ1) is 11.3. The van der Waals surface area contributed by atoms with Crippen molar-refractivity contribution in [1.29, 1.82) is 0 Å². The van der Waals surface area contributed by atoms with E-state index in [0.29, 0.717) is 5.82 Å². The van der Waals surface area contributed by atoms with Crippen LogP contribution in [0.4, 0.5) is 13.2 Å². The molecule has 1 N–H and O–H groups in total. The Morgan fingerprint density at radius 2 is 1.96 bits per heavy atom. The number of hydrogen-bond acceptors (Lipinski definition) is 5. The highest BCUT2D eigenvalue weighted by Gasteiger charge is 2.32. The Morgan fingerprint density at radius 1 is 1.17 bits per heavy atom. The SMILES string of the molecule is Cc1nc(/C=C/c2nc(-c3ccnc(C(F)(F)F)c3)no2)[nH]c1C. The fourth-order valence-electron chi connectivity index (χ4n) is 1.95. The van der Waals surface area contributed by atoms with Crippen LogP contribution in [-0.2, 0) is 6.18 Å². The summed E-state index contributed by atoms with van der Waals surface area (Å²) in [6.45, 7) is 3.77. The molecule has 3 aromatic heterocycles. The van der Waals surface area contributed by atoms with Gasteiger partial charge in [-0.05, 0) is 32.1 Å². The monoisotopic (exact) mass is 335 g/mol. The molecule has 3 rings (SSSR count). The molecule has 0 amide bonds. The van der Waals surface area contributed by atoms with Gasteiger partial charge in [-0.1, -0.05) is 5.16 Å². The largest absolute Gasteiger partial charge is 0.433 e. The zero-order chi connectivity index (χ0) is 17.3. The van der Waals surface area contributed by atoms with E-state index in [-0.39, 0.29) is 17.3 Å². The predicted molar refractivity (Wildman–Crippen MR) is 79.5 cm³/mol. The van der Waals surface area contributed by atoms with E-state index in [1.165, 1.54) is 12.1 Å². The van der Waals surface area contributed by atoms with Gasteiger partial charge in [0.05, 0.1) is 5.69 Å². The van der Waals surface area contributed by atoms with Crippen LogP contribution < -0.4 is 0 Å². The fraction of sp³-hybridized carbons (Fsp3) is 0.200. The van der Waals surface area contributed by atoms with Gasteiger partial charge in [0.2, 0.25) is 5.82 Å². The van der Waals surface area contributed by atoms with Crippen molar-refractivity contribution in [2.24, 2.45) is 0 Å². The van der Waals surface area contributed by atoms with Crippen LogP contribution in [0.25, 0.3) is 23.5 Å². The van der Waals surface area contributed by atoms with E-state index >= 15 is 0 Å². The lowest BCUT2D eigenvalue weighted by Crippen LogP contribution is -2.07. The Morgan fingerprint density at radius 3 is 2.62 bits per heavy atom. The molecule has 0 atom stereocenters. The molecule has 0 aromatic carbocycles. The third kappa shape index (κ3) is 3.34. The highest BCUT2D eigenvalue weighted by atomic mass is 19.4. The van der Waals surface area contributed by atoms with E-state index in [4.69, 9.17) is 4.52 Å². The average molecular weight is 335 g/mol. The predicted octanol–water partition coefficient (Wildman–Crippen LogP) is 3.66. The molecule has 0 aliphatic heterocycles. The van der Waals surface area contributed by atoms with Crippen molar-refractivity contribution in [3.8, 4) is 11.4 Å². The fourth-order valence-corrected chi connectivity index (χ4v) is 1.95. The van der Waals surface area contributed by atoms with Crippen LogP contribution in [0, 0.1) is 13.8 Å². The first kappa shape index (κ1) is 15.9. The molecular formula is C15H12F3N5O. The summed E-state index contributed by atoms with van der Waals surface area (Å²) >= 11 is 0. The molecule has 124 valence electrons. The van der Waals surface area contributed by atoms with Crippen LogP contribution in [0.15, 0.2) is 22.9 Å². The Bertz CT molecular complexity index is 875. The van der Waals surface area contributed by atoms with Crippen molar-refractivity contribution in [1.82, 2.24) is 25.1 Å². The minimum absolute atomic E-state index is 0.0503. The Hall–Kier alpha value is -2.97. The van der Waals surface area contributed by atoms with Crippen molar-refractivity contribution in [2.75, 3.05) is 0 Å². The Balaban J connectivity index is 1.83. The van der Waals surface area contributed by atoms with E-state index < -0.39 is 11.9 Å². The minimum atomic E-state index is -4.53. The molecule has 24 heavy (non-hydrogen) atoms. The van der Waals surface area contributed by atoms with Gasteiger partial charge in [0, 0.05) is 23.5 Å². The number of nitrogens with zero attached hydrogens (tertiary/aromatic N) is 4. The van der Waals surface area contributed by atoms with E-state index in [1.807, 2.05) is 13.8 Å². The molecule has 0 unspecified atom stereocenters. The molecule has 0 bridgehead atoms. The van der Waals surface area contributed by atoms with Gasteiger partial charge < -0.3 is 9.51 Å². The number of H-pyrrole nitrogens is 1. The second-order valence-electron chi connectivity index (χ2n) is 5.05. The van der Waals surface area contributed by atoms with E-state index in [0.717, 1.165) is 23.7 Å². The number of alkyl halides is 3. The molecule has 0 saturated carbocycles. The second kappa shape index (κ2) is 5.91. The number of nitrogens with one attached hydrogen (secondary N) is 1. The van der Waals surface area contributed by atoms with Crippen molar-refractivity contribution >= 4 is 12.2 Å². The maximum Gasteiger partial charge on any atom is 0.433 e. The number of halogens is 3. The molecule has 3 heterocycles. The van der Waals surface area contributed by atoms with E-state index in [9.17, 15) is 13.2 Å². The van der Waals surface area contributed by atoms with Gasteiger partial charge in [0.15, 0.2) is 0 Å². The number of hydrogen-bond donors (Lipinski definition) is 1. The van der Waals surface area contributed by atoms with Crippen LogP contribution in [0.1, 0.15) is 28.8 Å². The average Bonchev–Trinajstić information content (AvgIpc) is 3.12. The third-order valence-electron chi connectivity index (χ3n) is 3.28. The van der Waals surface area contributed by atoms with Crippen LogP contribution >= 0.6 is 0 Å². The van der Waals surface area contributed by atoms with Crippen molar-refractivity contribution in [2.45, 2.75) is 20.0 Å². The molecule has 0 saturated heterocycles. The second-order valence-corrected chi connectivity index (χ2v) is 5.05. The van der Waals surface area contributed by atoms with Gasteiger partial charge in [-0.2, -0.15) is 18.2 Å². The van der Waals surface area contributed by atoms with Gasteiger partial charge >= 0.3 is 6.18 Å². The molecule has 6 nitrogen and oxygen atoms in total. The molecular weight excluding hydrogens is 323 g/mol. The summed E-state index contributed by atoms with van der Waals surface area (Å²) in [6, 6.07) is 2.25. The molecule has 9 heteroatoms. The van der Waals surface area contributed by atoms with Crippen LogP contribution in [0.2, 0.25) is 0 Å². The van der Waals surface area contributed by atoms with E-state index in [2.05, 4.69) is 25.1 Å². The first-order valence-electron chi connectivity index (χ1n) is 6.91. The summed E-state index contributed by atoms with van der Waals surface area (Å²) in [5, 5.41) is 3.68. The number of pyridine rings is 1.